The van der Waals surface area contributed by atoms with Crippen molar-refractivity contribution in [2.24, 2.45) is 0 Å². The van der Waals surface area contributed by atoms with Gasteiger partial charge in [0.2, 0.25) is 5.91 Å². The zero-order valence-electron chi connectivity index (χ0n) is 15.2. The van der Waals surface area contributed by atoms with Gasteiger partial charge in [-0.15, -0.1) is 11.3 Å². The van der Waals surface area contributed by atoms with Gasteiger partial charge in [0.1, 0.15) is 0 Å². The first-order valence-electron chi connectivity index (χ1n) is 9.08. The van der Waals surface area contributed by atoms with Crippen LogP contribution in [0.25, 0.3) is 27.3 Å². The number of aryl methyl sites for hydroxylation is 1. The molecule has 1 amide bonds. The standard InChI is InChI=1S/C21H16N4O3S/c26-19(9-10-25-17-3-1-2-4-18(17)28-21(25)27)22-15-7-5-14(6-8-15)16-13-24-11-12-29-20(24)23-16/h1-8,11-13H,9-10H2,(H,22,26). The summed E-state index contributed by atoms with van der Waals surface area (Å²) in [6.45, 7) is 0.255. The van der Waals surface area contributed by atoms with E-state index in [1.54, 1.807) is 29.5 Å². The van der Waals surface area contributed by atoms with Crippen molar-refractivity contribution < 1.29 is 9.21 Å². The van der Waals surface area contributed by atoms with Gasteiger partial charge in [-0.25, -0.2) is 9.78 Å². The molecule has 0 fully saturated rings. The van der Waals surface area contributed by atoms with Crippen molar-refractivity contribution in [3.05, 3.63) is 76.9 Å². The summed E-state index contributed by atoms with van der Waals surface area (Å²) in [4.78, 5) is 29.8. The summed E-state index contributed by atoms with van der Waals surface area (Å²) in [6, 6.07) is 14.7. The molecule has 0 unspecified atom stereocenters. The molecule has 0 aliphatic rings. The van der Waals surface area contributed by atoms with Crippen LogP contribution in [0, 0.1) is 0 Å². The molecule has 2 aromatic carbocycles. The van der Waals surface area contributed by atoms with Gasteiger partial charge in [-0.1, -0.05) is 24.3 Å². The number of fused-ring (bicyclic) bond motifs is 2. The molecule has 0 aliphatic heterocycles. The summed E-state index contributed by atoms with van der Waals surface area (Å²) in [5.41, 5.74) is 3.78. The van der Waals surface area contributed by atoms with Crippen LogP contribution in [0.1, 0.15) is 6.42 Å². The maximum Gasteiger partial charge on any atom is 0.419 e. The Kier molecular flexibility index (Phi) is 4.25. The van der Waals surface area contributed by atoms with Crippen LogP contribution in [0.2, 0.25) is 0 Å². The number of amides is 1. The number of thiazole rings is 1. The van der Waals surface area contributed by atoms with Crippen molar-refractivity contribution >= 4 is 39.0 Å². The number of aromatic nitrogens is 3. The number of rotatable bonds is 5. The lowest BCUT2D eigenvalue weighted by Crippen LogP contribution is -2.19. The van der Waals surface area contributed by atoms with Crippen molar-refractivity contribution in [2.45, 2.75) is 13.0 Å². The van der Waals surface area contributed by atoms with Gasteiger partial charge in [0, 0.05) is 42.0 Å². The monoisotopic (exact) mass is 404 g/mol. The smallest absolute Gasteiger partial charge is 0.408 e. The van der Waals surface area contributed by atoms with Gasteiger partial charge in [-0.05, 0) is 24.3 Å². The third-order valence-corrected chi connectivity index (χ3v) is 5.46. The number of nitrogens with zero attached hydrogens (tertiary/aromatic N) is 3. The SMILES string of the molecule is O=C(CCn1c(=O)oc2ccccc21)Nc1ccc(-c2cn3ccsc3n2)cc1. The largest absolute Gasteiger partial charge is 0.419 e. The minimum atomic E-state index is -0.455. The molecule has 0 bridgehead atoms. The zero-order valence-corrected chi connectivity index (χ0v) is 16.1. The Morgan fingerprint density at radius 1 is 1.14 bits per heavy atom. The van der Waals surface area contributed by atoms with Gasteiger partial charge in [-0.3, -0.25) is 13.8 Å². The van der Waals surface area contributed by atoms with Crippen LogP contribution in [0.4, 0.5) is 5.69 Å². The molecule has 5 rings (SSSR count). The van der Waals surface area contributed by atoms with Crippen LogP contribution in [-0.2, 0) is 11.3 Å². The number of carbonyl (C=O) groups excluding carboxylic acids is 1. The van der Waals surface area contributed by atoms with E-state index in [1.165, 1.54) is 4.57 Å². The summed E-state index contributed by atoms with van der Waals surface area (Å²) >= 11 is 1.58. The molecular formula is C21H16N4O3S. The van der Waals surface area contributed by atoms with Crippen LogP contribution in [-0.4, -0.2) is 19.9 Å². The van der Waals surface area contributed by atoms with Gasteiger partial charge in [0.05, 0.1) is 11.2 Å². The number of para-hydroxylation sites is 2. The highest BCUT2D eigenvalue weighted by Crippen LogP contribution is 2.23. The topological polar surface area (TPSA) is 81.5 Å². The molecule has 7 nitrogen and oxygen atoms in total. The highest BCUT2D eigenvalue weighted by atomic mass is 32.1. The first-order chi connectivity index (χ1) is 14.2. The lowest BCUT2D eigenvalue weighted by atomic mass is 10.1. The summed E-state index contributed by atoms with van der Waals surface area (Å²) in [5.74, 6) is -0.624. The predicted octanol–water partition coefficient (Wildman–Crippen LogP) is 4.00. The van der Waals surface area contributed by atoms with Crippen molar-refractivity contribution in [1.29, 1.82) is 0 Å². The second-order valence-electron chi connectivity index (χ2n) is 6.58. The number of hydrogen-bond donors (Lipinski definition) is 1. The van der Waals surface area contributed by atoms with Gasteiger partial charge in [-0.2, -0.15) is 0 Å². The third-order valence-electron chi connectivity index (χ3n) is 4.69. The first-order valence-corrected chi connectivity index (χ1v) is 9.96. The molecule has 5 aromatic rings. The molecule has 1 N–H and O–H groups in total. The minimum Gasteiger partial charge on any atom is -0.408 e. The quantitative estimate of drug-likeness (QED) is 0.480. The van der Waals surface area contributed by atoms with E-state index in [9.17, 15) is 9.59 Å². The van der Waals surface area contributed by atoms with E-state index in [2.05, 4.69) is 10.3 Å². The highest BCUT2D eigenvalue weighted by molar-refractivity contribution is 7.15. The number of nitrogens with one attached hydrogen (secondary N) is 1. The van der Waals surface area contributed by atoms with Crippen molar-refractivity contribution in [3.8, 4) is 11.3 Å². The molecule has 0 aliphatic carbocycles. The highest BCUT2D eigenvalue weighted by Gasteiger charge is 2.11. The zero-order chi connectivity index (χ0) is 19.8. The summed E-state index contributed by atoms with van der Waals surface area (Å²) in [5, 5.41) is 4.85. The Morgan fingerprint density at radius 3 is 2.79 bits per heavy atom. The molecule has 3 heterocycles. The number of imidazole rings is 1. The summed E-state index contributed by atoms with van der Waals surface area (Å²) in [7, 11) is 0. The second-order valence-corrected chi connectivity index (χ2v) is 7.45. The fourth-order valence-electron chi connectivity index (χ4n) is 3.25. The molecule has 29 heavy (non-hydrogen) atoms. The summed E-state index contributed by atoms with van der Waals surface area (Å²) in [6.07, 6.45) is 4.12. The van der Waals surface area contributed by atoms with E-state index in [-0.39, 0.29) is 18.9 Å². The number of anilines is 1. The Balaban J connectivity index is 1.25. The Hall–Kier alpha value is -3.65. The van der Waals surface area contributed by atoms with Crippen molar-refractivity contribution in [2.75, 3.05) is 5.32 Å². The number of hydrogen-bond acceptors (Lipinski definition) is 5. The normalized spacial score (nSPS) is 11.3. The van der Waals surface area contributed by atoms with Crippen LogP contribution in [0.5, 0.6) is 0 Å². The van der Waals surface area contributed by atoms with Crippen molar-refractivity contribution in [3.63, 3.8) is 0 Å². The fraction of sp³-hybridized carbons (Fsp3) is 0.0952. The van der Waals surface area contributed by atoms with E-state index < -0.39 is 5.76 Å². The number of carbonyl (C=O) groups is 1. The van der Waals surface area contributed by atoms with E-state index in [1.807, 2.05) is 52.5 Å². The van der Waals surface area contributed by atoms with Gasteiger partial charge < -0.3 is 9.73 Å². The Morgan fingerprint density at radius 2 is 1.97 bits per heavy atom. The van der Waals surface area contributed by atoms with Crippen LogP contribution in [0.3, 0.4) is 0 Å². The molecule has 8 heteroatoms. The lowest BCUT2D eigenvalue weighted by molar-refractivity contribution is -0.116. The van der Waals surface area contributed by atoms with E-state index in [0.717, 1.165) is 16.2 Å². The average Bonchev–Trinajstić information content (AvgIpc) is 3.40. The Labute approximate surface area is 168 Å². The molecule has 0 spiro atoms. The maximum atomic E-state index is 12.3. The fourth-order valence-corrected chi connectivity index (χ4v) is 3.95. The second kappa shape index (κ2) is 7.06. The molecule has 0 saturated heterocycles. The van der Waals surface area contributed by atoms with Gasteiger partial charge in [0.25, 0.3) is 0 Å². The average molecular weight is 404 g/mol. The van der Waals surface area contributed by atoms with E-state index >= 15 is 0 Å². The van der Waals surface area contributed by atoms with Crippen LogP contribution < -0.4 is 11.1 Å². The van der Waals surface area contributed by atoms with Gasteiger partial charge in [0.15, 0.2) is 10.5 Å². The molecule has 3 aromatic heterocycles. The number of oxazole rings is 1. The lowest BCUT2D eigenvalue weighted by Gasteiger charge is -2.06. The minimum absolute atomic E-state index is 0.169. The predicted molar refractivity (Wildman–Crippen MR) is 112 cm³/mol. The maximum absolute atomic E-state index is 12.3. The summed E-state index contributed by atoms with van der Waals surface area (Å²) < 4.78 is 8.65. The molecular weight excluding hydrogens is 388 g/mol. The van der Waals surface area contributed by atoms with Gasteiger partial charge >= 0.3 is 5.76 Å². The molecule has 144 valence electrons. The Bertz CT molecular complexity index is 1350. The van der Waals surface area contributed by atoms with Crippen LogP contribution >= 0.6 is 11.3 Å². The van der Waals surface area contributed by atoms with E-state index in [0.29, 0.717) is 16.8 Å². The molecule has 0 radical (unpaired) electrons. The first kappa shape index (κ1) is 17.4. The van der Waals surface area contributed by atoms with Crippen molar-refractivity contribution in [1.82, 2.24) is 14.0 Å². The third kappa shape index (κ3) is 3.34. The van der Waals surface area contributed by atoms with E-state index in [4.69, 9.17) is 4.42 Å². The number of benzene rings is 2. The molecule has 0 atom stereocenters. The molecule has 0 saturated carbocycles. The van der Waals surface area contributed by atoms with Crippen LogP contribution in [0.15, 0.2) is 75.5 Å².